The monoisotopic (exact) mass is 416 g/mol. The van der Waals surface area contributed by atoms with Crippen LogP contribution >= 0.6 is 0 Å². The summed E-state index contributed by atoms with van der Waals surface area (Å²) < 4.78 is 15.4. The minimum absolute atomic E-state index is 0.0684. The Kier molecular flexibility index (Phi) is 5.75. The highest BCUT2D eigenvalue weighted by Crippen LogP contribution is 2.25. The van der Waals surface area contributed by atoms with Gasteiger partial charge in [0.1, 0.15) is 11.6 Å². The number of rotatable bonds is 5. The number of aryl methyl sites for hydroxylation is 1. The van der Waals surface area contributed by atoms with Crippen molar-refractivity contribution in [1.82, 2.24) is 9.78 Å². The third kappa shape index (κ3) is 4.61. The van der Waals surface area contributed by atoms with E-state index in [0.717, 1.165) is 5.56 Å². The van der Waals surface area contributed by atoms with E-state index in [2.05, 4.69) is 15.7 Å². The van der Waals surface area contributed by atoms with E-state index < -0.39 is 11.7 Å². The molecule has 4 rings (SSSR count). The van der Waals surface area contributed by atoms with E-state index in [1.54, 1.807) is 60.3 Å². The van der Waals surface area contributed by atoms with Gasteiger partial charge in [0.05, 0.1) is 11.3 Å². The second kappa shape index (κ2) is 8.79. The molecule has 1 aliphatic rings. The number of carbonyl (C=O) groups excluding carboxylic acids is 2. The number of anilines is 2. The molecule has 0 bridgehead atoms. The van der Waals surface area contributed by atoms with Crippen LogP contribution in [0, 0.1) is 0 Å². The summed E-state index contributed by atoms with van der Waals surface area (Å²) in [4.78, 5) is 24.7. The fraction of sp³-hybridized carbons (Fsp3) is 0.125. The quantitative estimate of drug-likeness (QED) is 0.624. The maximum Gasteiger partial charge on any atom is 0.258 e. The molecule has 2 amide bonds. The van der Waals surface area contributed by atoms with E-state index in [0.29, 0.717) is 35.6 Å². The number of nitrogens with zero attached hydrogens (tertiary/aromatic N) is 2. The summed E-state index contributed by atoms with van der Waals surface area (Å²) in [5, 5.41) is 10.0. The molecule has 3 aromatic rings. The number of hydrogen-bond acceptors (Lipinski definition) is 3. The molecular formula is C24H21FN4O2. The molecule has 0 spiro atoms. The maximum atomic E-state index is 13.8. The third-order valence-electron chi connectivity index (χ3n) is 4.94. The van der Waals surface area contributed by atoms with Crippen molar-refractivity contribution >= 4 is 23.3 Å². The Labute approximate surface area is 179 Å². The number of hydrogen-bond donors (Lipinski definition) is 2. The second-order valence-corrected chi connectivity index (χ2v) is 7.14. The molecule has 6 nitrogen and oxygen atoms in total. The maximum absolute atomic E-state index is 13.8. The Morgan fingerprint density at radius 2 is 1.65 bits per heavy atom. The molecule has 2 N–H and O–H groups in total. The van der Waals surface area contributed by atoms with Crippen LogP contribution < -0.4 is 10.6 Å². The molecule has 0 radical (unpaired) electrons. The number of benzene rings is 2. The van der Waals surface area contributed by atoms with E-state index >= 15 is 0 Å². The van der Waals surface area contributed by atoms with Crippen molar-refractivity contribution in [1.29, 1.82) is 0 Å². The van der Waals surface area contributed by atoms with Gasteiger partial charge in [-0.25, -0.2) is 4.39 Å². The Morgan fingerprint density at radius 3 is 2.35 bits per heavy atom. The average molecular weight is 416 g/mol. The summed E-state index contributed by atoms with van der Waals surface area (Å²) in [6, 6.07) is 17.8. The Morgan fingerprint density at radius 1 is 0.935 bits per heavy atom. The van der Waals surface area contributed by atoms with E-state index in [9.17, 15) is 14.0 Å². The normalized spacial score (nSPS) is 13.2. The fourth-order valence-electron chi connectivity index (χ4n) is 3.27. The van der Waals surface area contributed by atoms with Crippen molar-refractivity contribution < 1.29 is 14.0 Å². The largest absolute Gasteiger partial charge is 0.322 e. The highest BCUT2D eigenvalue weighted by atomic mass is 19.1. The standard InChI is InChI=1S/C24H21FN4O2/c1-29-22(27-23(30)17-7-3-2-4-8-17)15-21(28-29)16-11-13-18(14-12-16)26-24(31)19-9-5-6-10-20(19)25/h2-4,7-15H,5-6H2,1H3,(H,26,31)(H,27,30). The zero-order valence-corrected chi connectivity index (χ0v) is 16.9. The molecule has 0 aliphatic heterocycles. The molecule has 7 heteroatoms. The summed E-state index contributed by atoms with van der Waals surface area (Å²) in [5.74, 6) is -0.608. The minimum Gasteiger partial charge on any atom is -0.322 e. The van der Waals surface area contributed by atoms with Gasteiger partial charge in [-0.2, -0.15) is 5.10 Å². The SMILES string of the molecule is Cn1nc(-c2ccc(NC(=O)C3=CCCC=C3F)cc2)cc1NC(=O)c1ccccc1. The molecule has 0 fully saturated rings. The molecule has 0 atom stereocenters. The zero-order valence-electron chi connectivity index (χ0n) is 16.9. The summed E-state index contributed by atoms with van der Waals surface area (Å²) in [6.45, 7) is 0. The molecular weight excluding hydrogens is 395 g/mol. The van der Waals surface area contributed by atoms with Crippen LogP contribution in [-0.2, 0) is 11.8 Å². The summed E-state index contributed by atoms with van der Waals surface area (Å²) in [5.41, 5.74) is 2.68. The lowest BCUT2D eigenvalue weighted by atomic mass is 10.1. The highest BCUT2D eigenvalue weighted by molar-refractivity contribution is 6.06. The van der Waals surface area contributed by atoms with Crippen LogP contribution in [0.3, 0.4) is 0 Å². The van der Waals surface area contributed by atoms with Crippen LogP contribution in [0.15, 0.2) is 84.2 Å². The van der Waals surface area contributed by atoms with E-state index in [-0.39, 0.29) is 11.5 Å². The van der Waals surface area contributed by atoms with Gasteiger partial charge in [0.2, 0.25) is 0 Å². The van der Waals surface area contributed by atoms with Crippen molar-refractivity contribution in [3.05, 3.63) is 89.8 Å². The topological polar surface area (TPSA) is 76.0 Å². The number of nitrogens with one attached hydrogen (secondary N) is 2. The van der Waals surface area contributed by atoms with Gasteiger partial charge >= 0.3 is 0 Å². The summed E-state index contributed by atoms with van der Waals surface area (Å²) in [7, 11) is 1.75. The van der Waals surface area contributed by atoms with Crippen molar-refractivity contribution in [3.63, 3.8) is 0 Å². The molecule has 1 aliphatic carbocycles. The van der Waals surface area contributed by atoms with Gasteiger partial charge in [0, 0.05) is 29.9 Å². The van der Waals surface area contributed by atoms with Gasteiger partial charge in [-0.1, -0.05) is 36.4 Å². The lowest BCUT2D eigenvalue weighted by Gasteiger charge is -2.10. The Balaban J connectivity index is 1.45. The van der Waals surface area contributed by atoms with Crippen LogP contribution in [0.2, 0.25) is 0 Å². The van der Waals surface area contributed by atoms with Crippen molar-refractivity contribution in [2.45, 2.75) is 12.8 Å². The van der Waals surface area contributed by atoms with Crippen LogP contribution in [-0.4, -0.2) is 21.6 Å². The Bertz CT molecular complexity index is 1180. The van der Waals surface area contributed by atoms with E-state index in [1.165, 1.54) is 6.08 Å². The number of halogens is 1. The molecule has 0 saturated heterocycles. The first-order valence-corrected chi connectivity index (χ1v) is 9.89. The highest BCUT2D eigenvalue weighted by Gasteiger charge is 2.17. The lowest BCUT2D eigenvalue weighted by molar-refractivity contribution is -0.112. The van der Waals surface area contributed by atoms with Crippen molar-refractivity contribution in [3.8, 4) is 11.3 Å². The van der Waals surface area contributed by atoms with Gasteiger partial charge in [-0.05, 0) is 43.2 Å². The van der Waals surface area contributed by atoms with Gasteiger partial charge < -0.3 is 10.6 Å². The molecule has 156 valence electrons. The minimum atomic E-state index is -0.487. The van der Waals surface area contributed by atoms with Gasteiger partial charge in [-0.3, -0.25) is 14.3 Å². The van der Waals surface area contributed by atoms with E-state index in [4.69, 9.17) is 0 Å². The number of aromatic nitrogens is 2. The van der Waals surface area contributed by atoms with Crippen molar-refractivity contribution in [2.75, 3.05) is 10.6 Å². The summed E-state index contributed by atoms with van der Waals surface area (Å²) >= 11 is 0. The summed E-state index contributed by atoms with van der Waals surface area (Å²) in [6.07, 6.45) is 4.29. The molecule has 1 heterocycles. The van der Waals surface area contributed by atoms with Crippen LogP contribution in [0.1, 0.15) is 23.2 Å². The molecule has 2 aromatic carbocycles. The van der Waals surface area contributed by atoms with Crippen molar-refractivity contribution in [2.24, 2.45) is 7.05 Å². The van der Waals surface area contributed by atoms with Gasteiger partial charge in [0.25, 0.3) is 11.8 Å². The van der Waals surface area contributed by atoms with Crippen LogP contribution in [0.4, 0.5) is 15.9 Å². The Hall–Kier alpha value is -4.00. The van der Waals surface area contributed by atoms with E-state index in [1.807, 2.05) is 18.2 Å². The first-order valence-electron chi connectivity index (χ1n) is 9.89. The molecule has 0 saturated carbocycles. The van der Waals surface area contributed by atoms with Gasteiger partial charge in [0.15, 0.2) is 0 Å². The molecule has 0 unspecified atom stereocenters. The number of amides is 2. The second-order valence-electron chi connectivity index (χ2n) is 7.14. The third-order valence-corrected chi connectivity index (χ3v) is 4.94. The predicted octanol–water partition coefficient (Wildman–Crippen LogP) is 4.85. The predicted molar refractivity (Wildman–Crippen MR) is 118 cm³/mol. The number of carbonyl (C=O) groups is 2. The zero-order chi connectivity index (χ0) is 21.8. The number of allylic oxidation sites excluding steroid dienone is 2. The van der Waals surface area contributed by atoms with Crippen LogP contribution in [0.5, 0.6) is 0 Å². The molecule has 1 aromatic heterocycles. The first-order chi connectivity index (χ1) is 15.0. The van der Waals surface area contributed by atoms with Crippen LogP contribution in [0.25, 0.3) is 11.3 Å². The smallest absolute Gasteiger partial charge is 0.258 e. The first kappa shape index (κ1) is 20.3. The lowest BCUT2D eigenvalue weighted by Crippen LogP contribution is -2.16. The van der Waals surface area contributed by atoms with Gasteiger partial charge in [-0.15, -0.1) is 0 Å². The average Bonchev–Trinajstić information content (AvgIpc) is 3.15. The fourth-order valence-corrected chi connectivity index (χ4v) is 3.27. The molecule has 31 heavy (non-hydrogen) atoms.